The monoisotopic (exact) mass is 324 g/mol. The SMILES string of the molecule is CCCCCCCCC(Cl)CCCCCCBr. The lowest BCUT2D eigenvalue weighted by atomic mass is 10.0. The predicted molar refractivity (Wildman–Crippen MR) is 84.5 cm³/mol. The first-order chi connectivity index (χ1) is 8.31. The van der Waals surface area contributed by atoms with Crippen LogP contribution in [0.1, 0.15) is 84.0 Å². The lowest BCUT2D eigenvalue weighted by molar-refractivity contribution is 0.548. The second-order valence-electron chi connectivity index (χ2n) is 5.05. The molecule has 0 N–H and O–H groups in total. The summed E-state index contributed by atoms with van der Waals surface area (Å²) in [4.78, 5) is 0. The first-order valence-corrected chi connectivity index (χ1v) is 9.07. The van der Waals surface area contributed by atoms with Gasteiger partial charge in [-0.2, -0.15) is 0 Å². The van der Waals surface area contributed by atoms with Gasteiger partial charge in [-0.25, -0.2) is 0 Å². The van der Waals surface area contributed by atoms with Gasteiger partial charge in [0.25, 0.3) is 0 Å². The largest absolute Gasteiger partial charge is 0.123 e. The molecule has 2 heteroatoms. The molecular weight excluding hydrogens is 296 g/mol. The number of rotatable bonds is 13. The zero-order valence-corrected chi connectivity index (χ0v) is 13.9. The van der Waals surface area contributed by atoms with Crippen molar-refractivity contribution in [3.63, 3.8) is 0 Å². The summed E-state index contributed by atoms with van der Waals surface area (Å²) in [6, 6.07) is 0. The first kappa shape index (κ1) is 17.8. The van der Waals surface area contributed by atoms with E-state index in [0.29, 0.717) is 5.38 Å². The van der Waals surface area contributed by atoms with Gasteiger partial charge in [-0.05, 0) is 19.3 Å². The molecule has 0 saturated carbocycles. The van der Waals surface area contributed by atoms with Crippen molar-refractivity contribution in [1.29, 1.82) is 0 Å². The van der Waals surface area contributed by atoms with Gasteiger partial charge in [0.2, 0.25) is 0 Å². The van der Waals surface area contributed by atoms with Gasteiger partial charge in [0.15, 0.2) is 0 Å². The van der Waals surface area contributed by atoms with Gasteiger partial charge in [-0.1, -0.05) is 80.6 Å². The number of unbranched alkanes of at least 4 members (excludes halogenated alkanes) is 8. The van der Waals surface area contributed by atoms with Gasteiger partial charge in [0.05, 0.1) is 0 Å². The molecule has 0 bridgehead atoms. The molecule has 17 heavy (non-hydrogen) atoms. The van der Waals surface area contributed by atoms with Crippen molar-refractivity contribution in [2.24, 2.45) is 0 Å². The number of alkyl halides is 2. The zero-order valence-electron chi connectivity index (χ0n) is 11.5. The van der Waals surface area contributed by atoms with Gasteiger partial charge >= 0.3 is 0 Å². The lowest BCUT2D eigenvalue weighted by Crippen LogP contribution is -1.98. The van der Waals surface area contributed by atoms with Crippen molar-refractivity contribution >= 4 is 27.5 Å². The van der Waals surface area contributed by atoms with Crippen LogP contribution < -0.4 is 0 Å². The molecule has 0 aliphatic heterocycles. The third-order valence-electron chi connectivity index (χ3n) is 3.27. The van der Waals surface area contributed by atoms with E-state index >= 15 is 0 Å². The van der Waals surface area contributed by atoms with Crippen LogP contribution in [0, 0.1) is 0 Å². The topological polar surface area (TPSA) is 0 Å². The molecule has 0 amide bonds. The van der Waals surface area contributed by atoms with Gasteiger partial charge in [-0.3, -0.25) is 0 Å². The summed E-state index contributed by atoms with van der Waals surface area (Å²) >= 11 is 9.79. The summed E-state index contributed by atoms with van der Waals surface area (Å²) in [6.07, 6.45) is 16.1. The minimum Gasteiger partial charge on any atom is -0.123 e. The summed E-state index contributed by atoms with van der Waals surface area (Å²) in [6.45, 7) is 2.27. The average Bonchev–Trinajstić information content (AvgIpc) is 2.33. The molecule has 0 aromatic rings. The van der Waals surface area contributed by atoms with Crippen LogP contribution in [0.2, 0.25) is 0 Å². The Morgan fingerprint density at radius 1 is 0.765 bits per heavy atom. The van der Waals surface area contributed by atoms with E-state index < -0.39 is 0 Å². The van der Waals surface area contributed by atoms with Crippen molar-refractivity contribution in [1.82, 2.24) is 0 Å². The molecule has 0 aliphatic rings. The van der Waals surface area contributed by atoms with E-state index in [1.165, 1.54) is 77.0 Å². The van der Waals surface area contributed by atoms with Crippen molar-refractivity contribution in [3.8, 4) is 0 Å². The second-order valence-corrected chi connectivity index (χ2v) is 6.46. The van der Waals surface area contributed by atoms with Gasteiger partial charge in [0.1, 0.15) is 0 Å². The standard InChI is InChI=1S/C15H30BrCl/c1-2-3-4-5-6-9-12-15(17)13-10-7-8-11-14-16/h15H,2-14H2,1H3. The molecule has 1 unspecified atom stereocenters. The van der Waals surface area contributed by atoms with Crippen LogP contribution in [0.4, 0.5) is 0 Å². The van der Waals surface area contributed by atoms with Crippen LogP contribution in [0.15, 0.2) is 0 Å². The third kappa shape index (κ3) is 14.7. The average molecular weight is 326 g/mol. The van der Waals surface area contributed by atoms with Crippen LogP contribution in [0.3, 0.4) is 0 Å². The number of hydrogen-bond acceptors (Lipinski definition) is 0. The zero-order chi connectivity index (χ0) is 12.8. The maximum atomic E-state index is 6.32. The molecule has 0 spiro atoms. The highest BCUT2D eigenvalue weighted by Crippen LogP contribution is 2.17. The Labute approximate surface area is 122 Å². The molecule has 0 fully saturated rings. The number of hydrogen-bond donors (Lipinski definition) is 0. The van der Waals surface area contributed by atoms with E-state index in [0.717, 1.165) is 5.33 Å². The molecule has 104 valence electrons. The van der Waals surface area contributed by atoms with E-state index in [9.17, 15) is 0 Å². The summed E-state index contributed by atoms with van der Waals surface area (Å²) in [5, 5.41) is 1.58. The van der Waals surface area contributed by atoms with Crippen molar-refractivity contribution in [3.05, 3.63) is 0 Å². The van der Waals surface area contributed by atoms with E-state index in [4.69, 9.17) is 11.6 Å². The second kappa shape index (κ2) is 14.8. The molecule has 1 atom stereocenters. The Morgan fingerprint density at radius 3 is 1.76 bits per heavy atom. The molecule has 0 rings (SSSR count). The maximum Gasteiger partial charge on any atom is 0.0336 e. The molecule has 0 aromatic heterocycles. The summed E-state index contributed by atoms with van der Waals surface area (Å²) < 4.78 is 0. The number of halogens is 2. The minimum absolute atomic E-state index is 0.435. The fourth-order valence-corrected chi connectivity index (χ4v) is 2.81. The fraction of sp³-hybridized carbons (Fsp3) is 1.00. The Hall–Kier alpha value is 0.770. The lowest BCUT2D eigenvalue weighted by Gasteiger charge is -2.08. The molecule has 0 nitrogen and oxygen atoms in total. The molecule has 0 aromatic carbocycles. The van der Waals surface area contributed by atoms with Crippen LogP contribution >= 0.6 is 27.5 Å². The Balaban J connectivity index is 3.09. The highest BCUT2D eigenvalue weighted by Gasteiger charge is 2.03. The van der Waals surface area contributed by atoms with E-state index in [1.807, 2.05) is 0 Å². The Bertz CT molecular complexity index is 139. The van der Waals surface area contributed by atoms with Gasteiger partial charge in [0, 0.05) is 10.7 Å². The first-order valence-electron chi connectivity index (χ1n) is 7.51. The van der Waals surface area contributed by atoms with Crippen LogP contribution in [-0.4, -0.2) is 10.7 Å². The van der Waals surface area contributed by atoms with E-state index in [2.05, 4.69) is 22.9 Å². The Morgan fingerprint density at radius 2 is 1.24 bits per heavy atom. The molecule has 0 radical (unpaired) electrons. The van der Waals surface area contributed by atoms with Gasteiger partial charge < -0.3 is 0 Å². The fourth-order valence-electron chi connectivity index (χ4n) is 2.10. The van der Waals surface area contributed by atoms with Gasteiger partial charge in [-0.15, -0.1) is 11.6 Å². The Kier molecular flexibility index (Phi) is 15.5. The highest BCUT2D eigenvalue weighted by molar-refractivity contribution is 9.09. The molecular formula is C15H30BrCl. The van der Waals surface area contributed by atoms with Crippen LogP contribution in [0.5, 0.6) is 0 Å². The molecule has 0 aliphatic carbocycles. The van der Waals surface area contributed by atoms with Crippen molar-refractivity contribution in [2.45, 2.75) is 89.4 Å². The summed E-state index contributed by atoms with van der Waals surface area (Å²) in [5.74, 6) is 0. The molecule has 0 saturated heterocycles. The van der Waals surface area contributed by atoms with Crippen molar-refractivity contribution < 1.29 is 0 Å². The van der Waals surface area contributed by atoms with E-state index in [-0.39, 0.29) is 0 Å². The normalized spacial score (nSPS) is 12.9. The van der Waals surface area contributed by atoms with Crippen LogP contribution in [-0.2, 0) is 0 Å². The predicted octanol–water partition coefficient (Wildman–Crippen LogP) is 6.69. The third-order valence-corrected chi connectivity index (χ3v) is 4.27. The molecule has 0 heterocycles. The summed E-state index contributed by atoms with van der Waals surface area (Å²) in [7, 11) is 0. The smallest absolute Gasteiger partial charge is 0.0336 e. The van der Waals surface area contributed by atoms with Crippen LogP contribution in [0.25, 0.3) is 0 Å². The highest BCUT2D eigenvalue weighted by atomic mass is 79.9. The maximum absolute atomic E-state index is 6.32. The van der Waals surface area contributed by atoms with Crippen molar-refractivity contribution in [2.75, 3.05) is 5.33 Å². The summed E-state index contributed by atoms with van der Waals surface area (Å²) in [5.41, 5.74) is 0. The minimum atomic E-state index is 0.435. The van der Waals surface area contributed by atoms with E-state index in [1.54, 1.807) is 0 Å². The quantitative estimate of drug-likeness (QED) is 0.261.